The SMILES string of the molecule is O=C(c1ccncc1)N(CCc1ccccc1)C1CCS(=O)(=O)C1. The van der Waals surface area contributed by atoms with Gasteiger partial charge in [-0.1, -0.05) is 30.3 Å². The molecule has 1 amide bonds. The summed E-state index contributed by atoms with van der Waals surface area (Å²) in [4.78, 5) is 18.5. The van der Waals surface area contributed by atoms with Crippen LogP contribution < -0.4 is 0 Å². The highest BCUT2D eigenvalue weighted by Crippen LogP contribution is 2.20. The van der Waals surface area contributed by atoms with Crippen molar-refractivity contribution in [2.75, 3.05) is 18.1 Å². The summed E-state index contributed by atoms with van der Waals surface area (Å²) in [5, 5.41) is 0. The normalized spacial score (nSPS) is 19.1. The zero-order chi connectivity index (χ0) is 17.0. The van der Waals surface area contributed by atoms with Crippen molar-refractivity contribution in [2.24, 2.45) is 0 Å². The maximum atomic E-state index is 12.9. The highest BCUT2D eigenvalue weighted by Gasteiger charge is 2.34. The van der Waals surface area contributed by atoms with Gasteiger partial charge >= 0.3 is 0 Å². The van der Waals surface area contributed by atoms with Crippen molar-refractivity contribution in [3.05, 3.63) is 66.0 Å². The van der Waals surface area contributed by atoms with Gasteiger partial charge in [0.25, 0.3) is 5.91 Å². The summed E-state index contributed by atoms with van der Waals surface area (Å²) < 4.78 is 23.7. The van der Waals surface area contributed by atoms with E-state index in [0.29, 0.717) is 24.9 Å². The van der Waals surface area contributed by atoms with Gasteiger partial charge in [-0.15, -0.1) is 0 Å². The molecule has 1 atom stereocenters. The largest absolute Gasteiger partial charge is 0.334 e. The fourth-order valence-electron chi connectivity index (χ4n) is 3.03. The summed E-state index contributed by atoms with van der Waals surface area (Å²) in [6, 6.07) is 13.0. The molecule has 1 unspecified atom stereocenters. The van der Waals surface area contributed by atoms with Crippen LogP contribution in [-0.4, -0.2) is 48.3 Å². The van der Waals surface area contributed by atoms with Gasteiger partial charge in [0, 0.05) is 30.5 Å². The van der Waals surface area contributed by atoms with Crippen LogP contribution >= 0.6 is 0 Å². The zero-order valence-electron chi connectivity index (χ0n) is 13.3. The fourth-order valence-corrected chi connectivity index (χ4v) is 4.76. The van der Waals surface area contributed by atoms with Gasteiger partial charge in [-0.2, -0.15) is 0 Å². The van der Waals surface area contributed by atoms with E-state index in [1.165, 1.54) is 0 Å². The fraction of sp³-hybridized carbons (Fsp3) is 0.333. The van der Waals surface area contributed by atoms with Gasteiger partial charge in [0.05, 0.1) is 11.5 Å². The van der Waals surface area contributed by atoms with Gasteiger partial charge in [0.15, 0.2) is 9.84 Å². The molecule has 6 heteroatoms. The van der Waals surface area contributed by atoms with Crippen LogP contribution in [0.25, 0.3) is 0 Å². The van der Waals surface area contributed by atoms with Crippen LogP contribution in [0.3, 0.4) is 0 Å². The van der Waals surface area contributed by atoms with E-state index in [-0.39, 0.29) is 23.5 Å². The Morgan fingerprint density at radius 1 is 1.12 bits per heavy atom. The first kappa shape index (κ1) is 16.6. The highest BCUT2D eigenvalue weighted by molar-refractivity contribution is 7.91. The van der Waals surface area contributed by atoms with Crippen LogP contribution in [0, 0.1) is 0 Å². The second kappa shape index (κ2) is 7.13. The number of hydrogen-bond acceptors (Lipinski definition) is 4. The van der Waals surface area contributed by atoms with E-state index in [4.69, 9.17) is 0 Å². The molecule has 0 bridgehead atoms. The smallest absolute Gasteiger partial charge is 0.254 e. The summed E-state index contributed by atoms with van der Waals surface area (Å²) in [5.74, 6) is 0.0808. The molecule has 1 aliphatic rings. The Hall–Kier alpha value is -2.21. The van der Waals surface area contributed by atoms with Gasteiger partial charge in [-0.3, -0.25) is 9.78 Å². The maximum Gasteiger partial charge on any atom is 0.254 e. The van der Waals surface area contributed by atoms with Gasteiger partial charge in [0.2, 0.25) is 0 Å². The van der Waals surface area contributed by atoms with Crippen LogP contribution in [-0.2, 0) is 16.3 Å². The summed E-state index contributed by atoms with van der Waals surface area (Å²) in [5.41, 5.74) is 1.67. The molecule has 2 aromatic rings. The second-order valence-corrected chi connectivity index (χ2v) is 8.26. The Bertz CT molecular complexity index is 792. The van der Waals surface area contributed by atoms with Crippen LogP contribution in [0.15, 0.2) is 54.9 Å². The summed E-state index contributed by atoms with van der Waals surface area (Å²) in [7, 11) is -3.05. The number of carbonyl (C=O) groups excluding carboxylic acids is 1. The van der Waals surface area contributed by atoms with Crippen molar-refractivity contribution >= 4 is 15.7 Å². The average Bonchev–Trinajstić information content (AvgIpc) is 2.96. The number of hydrogen-bond donors (Lipinski definition) is 0. The van der Waals surface area contributed by atoms with E-state index in [2.05, 4.69) is 4.98 Å². The molecule has 126 valence electrons. The van der Waals surface area contributed by atoms with Gasteiger partial charge < -0.3 is 4.90 Å². The number of carbonyl (C=O) groups is 1. The molecule has 5 nitrogen and oxygen atoms in total. The van der Waals surface area contributed by atoms with E-state index in [1.54, 1.807) is 29.4 Å². The van der Waals surface area contributed by atoms with Gasteiger partial charge in [0.1, 0.15) is 0 Å². The lowest BCUT2D eigenvalue weighted by molar-refractivity contribution is 0.0699. The lowest BCUT2D eigenvalue weighted by Gasteiger charge is -2.28. The molecule has 0 N–H and O–H groups in total. The minimum absolute atomic E-state index is 0.0542. The zero-order valence-corrected chi connectivity index (χ0v) is 14.2. The van der Waals surface area contributed by atoms with E-state index in [0.717, 1.165) is 5.56 Å². The first-order valence-electron chi connectivity index (χ1n) is 8.00. The number of aromatic nitrogens is 1. The molecule has 1 saturated heterocycles. The Labute approximate surface area is 142 Å². The molecular formula is C18H20N2O3S. The first-order valence-corrected chi connectivity index (χ1v) is 9.83. The van der Waals surface area contributed by atoms with Gasteiger partial charge in [-0.05, 0) is 30.5 Å². The van der Waals surface area contributed by atoms with E-state index < -0.39 is 9.84 Å². The number of sulfone groups is 1. The third-order valence-corrected chi connectivity index (χ3v) is 6.07. The Kier molecular flexibility index (Phi) is 4.94. The maximum absolute atomic E-state index is 12.9. The standard InChI is InChI=1S/C18H20N2O3S/c21-18(16-6-10-19-11-7-16)20(17-9-13-24(22,23)14-17)12-8-15-4-2-1-3-5-15/h1-7,10-11,17H,8-9,12-14H2. The molecule has 1 fully saturated rings. The summed E-state index contributed by atoms with van der Waals surface area (Å²) in [6.45, 7) is 0.505. The number of amides is 1. The first-order chi connectivity index (χ1) is 11.6. The average molecular weight is 344 g/mol. The van der Waals surface area contributed by atoms with Crippen LogP contribution in [0.5, 0.6) is 0 Å². The predicted octanol–water partition coefficient (Wildman–Crippen LogP) is 1.95. The molecule has 1 aromatic heterocycles. The number of pyridine rings is 1. The second-order valence-electron chi connectivity index (χ2n) is 6.03. The number of nitrogens with zero attached hydrogens (tertiary/aromatic N) is 2. The van der Waals surface area contributed by atoms with E-state index in [9.17, 15) is 13.2 Å². The predicted molar refractivity (Wildman–Crippen MR) is 92.5 cm³/mol. The molecule has 1 aliphatic heterocycles. The van der Waals surface area contributed by atoms with Crippen LogP contribution in [0.1, 0.15) is 22.3 Å². The Balaban J connectivity index is 1.79. The summed E-state index contributed by atoms with van der Waals surface area (Å²) in [6.07, 6.45) is 4.37. The summed E-state index contributed by atoms with van der Waals surface area (Å²) >= 11 is 0. The lowest BCUT2D eigenvalue weighted by atomic mass is 10.1. The molecule has 3 rings (SSSR count). The molecule has 2 heterocycles. The third kappa shape index (κ3) is 4.00. The van der Waals surface area contributed by atoms with Gasteiger partial charge in [-0.25, -0.2) is 8.42 Å². The quantitative estimate of drug-likeness (QED) is 0.831. The molecule has 0 spiro atoms. The number of benzene rings is 1. The molecule has 0 saturated carbocycles. The molecule has 0 aliphatic carbocycles. The topological polar surface area (TPSA) is 67.3 Å². The van der Waals surface area contributed by atoms with Crippen LogP contribution in [0.2, 0.25) is 0 Å². The van der Waals surface area contributed by atoms with E-state index in [1.807, 2.05) is 30.3 Å². The highest BCUT2D eigenvalue weighted by atomic mass is 32.2. The van der Waals surface area contributed by atoms with Crippen molar-refractivity contribution < 1.29 is 13.2 Å². The number of rotatable bonds is 5. The third-order valence-electron chi connectivity index (χ3n) is 4.32. The van der Waals surface area contributed by atoms with Crippen molar-refractivity contribution in [2.45, 2.75) is 18.9 Å². The minimum Gasteiger partial charge on any atom is -0.334 e. The molecule has 0 radical (unpaired) electrons. The Morgan fingerprint density at radius 3 is 2.46 bits per heavy atom. The Morgan fingerprint density at radius 2 is 1.83 bits per heavy atom. The van der Waals surface area contributed by atoms with Crippen LogP contribution in [0.4, 0.5) is 0 Å². The van der Waals surface area contributed by atoms with E-state index >= 15 is 0 Å². The molecule has 1 aromatic carbocycles. The monoisotopic (exact) mass is 344 g/mol. The van der Waals surface area contributed by atoms with Crippen molar-refractivity contribution in [1.29, 1.82) is 0 Å². The lowest BCUT2D eigenvalue weighted by Crippen LogP contribution is -2.42. The minimum atomic E-state index is -3.05. The molecule has 24 heavy (non-hydrogen) atoms. The molecular weight excluding hydrogens is 324 g/mol. The van der Waals surface area contributed by atoms with Crippen molar-refractivity contribution in [3.8, 4) is 0 Å². The van der Waals surface area contributed by atoms with Crippen molar-refractivity contribution in [1.82, 2.24) is 9.88 Å². The van der Waals surface area contributed by atoms with Crippen molar-refractivity contribution in [3.63, 3.8) is 0 Å².